The predicted molar refractivity (Wildman–Crippen MR) is 88.6 cm³/mol. The number of hydrogen-bond donors (Lipinski definition) is 1. The smallest absolute Gasteiger partial charge is 0.185 e. The molecule has 2 rings (SSSR count). The first-order valence-corrected chi connectivity index (χ1v) is 8.89. The van der Waals surface area contributed by atoms with Crippen molar-refractivity contribution in [3.05, 3.63) is 11.1 Å². The highest BCUT2D eigenvalue weighted by Gasteiger charge is 2.26. The highest BCUT2D eigenvalue weighted by atomic mass is 32.1. The summed E-state index contributed by atoms with van der Waals surface area (Å²) in [5, 5.41) is 4.81. The first-order valence-electron chi connectivity index (χ1n) is 8.07. The quantitative estimate of drug-likeness (QED) is 0.822. The monoisotopic (exact) mass is 295 g/mol. The fourth-order valence-electron chi connectivity index (χ4n) is 3.09. The van der Waals surface area contributed by atoms with Crippen LogP contribution in [0.5, 0.6) is 0 Å². The van der Waals surface area contributed by atoms with Crippen molar-refractivity contribution in [3.8, 4) is 0 Å². The molecule has 0 amide bonds. The zero-order valence-electron chi connectivity index (χ0n) is 13.2. The van der Waals surface area contributed by atoms with Crippen LogP contribution >= 0.6 is 11.3 Å². The Balaban J connectivity index is 1.79. The average molecular weight is 295 g/mol. The molecule has 0 saturated heterocycles. The Bertz CT molecular complexity index is 392. The highest BCUT2D eigenvalue weighted by molar-refractivity contribution is 7.15. The van der Waals surface area contributed by atoms with Crippen molar-refractivity contribution in [1.82, 2.24) is 10.3 Å². The topological polar surface area (TPSA) is 28.2 Å². The van der Waals surface area contributed by atoms with Gasteiger partial charge in [0.15, 0.2) is 5.13 Å². The summed E-state index contributed by atoms with van der Waals surface area (Å²) in [6.45, 7) is 11.0. The summed E-state index contributed by atoms with van der Waals surface area (Å²) >= 11 is 1.83. The van der Waals surface area contributed by atoms with Crippen LogP contribution < -0.4 is 10.2 Å². The molecule has 0 spiro atoms. The fourth-order valence-corrected chi connectivity index (χ4v) is 4.10. The summed E-state index contributed by atoms with van der Waals surface area (Å²) in [5.41, 5.74) is 0.518. The van der Waals surface area contributed by atoms with Crippen molar-refractivity contribution in [1.29, 1.82) is 0 Å². The van der Waals surface area contributed by atoms with Crippen LogP contribution in [0.2, 0.25) is 0 Å². The first-order chi connectivity index (χ1) is 9.67. The second-order valence-corrected chi connectivity index (χ2v) is 7.35. The van der Waals surface area contributed by atoms with Gasteiger partial charge in [-0.05, 0) is 32.1 Å². The third-order valence-corrected chi connectivity index (χ3v) is 5.55. The molecule has 3 nitrogen and oxygen atoms in total. The number of anilines is 1. The van der Waals surface area contributed by atoms with Crippen LogP contribution in [-0.2, 0) is 6.54 Å². The molecule has 1 aliphatic carbocycles. The minimum Gasteiger partial charge on any atom is -0.349 e. The Labute approximate surface area is 127 Å². The Morgan fingerprint density at radius 1 is 1.25 bits per heavy atom. The molecule has 1 saturated carbocycles. The number of hydrogen-bond acceptors (Lipinski definition) is 4. The molecule has 0 atom stereocenters. The van der Waals surface area contributed by atoms with Crippen molar-refractivity contribution in [2.24, 2.45) is 5.41 Å². The van der Waals surface area contributed by atoms with Crippen molar-refractivity contribution < 1.29 is 0 Å². The molecule has 1 aliphatic rings. The van der Waals surface area contributed by atoms with E-state index in [2.05, 4.69) is 36.0 Å². The molecular weight excluding hydrogens is 266 g/mol. The summed E-state index contributed by atoms with van der Waals surface area (Å²) < 4.78 is 0. The van der Waals surface area contributed by atoms with E-state index in [-0.39, 0.29) is 0 Å². The molecule has 114 valence electrons. The second-order valence-electron chi connectivity index (χ2n) is 6.26. The lowest BCUT2D eigenvalue weighted by atomic mass is 9.76. The molecule has 1 aromatic heterocycles. The lowest BCUT2D eigenvalue weighted by Crippen LogP contribution is -2.33. The van der Waals surface area contributed by atoms with Crippen LogP contribution in [0.3, 0.4) is 0 Å². The molecule has 1 heterocycles. The number of thiazole rings is 1. The Kier molecular flexibility index (Phi) is 5.85. The zero-order chi connectivity index (χ0) is 14.4. The van der Waals surface area contributed by atoms with Gasteiger partial charge in [0.1, 0.15) is 0 Å². The standard InChI is InChI=1S/C16H29N3S/c1-4-19(5-2)15-18-12-14(20-15)11-17-13-16(3)9-7-6-8-10-16/h12,17H,4-11,13H2,1-3H3. The van der Waals surface area contributed by atoms with Gasteiger partial charge in [0.05, 0.1) is 0 Å². The molecule has 1 fully saturated rings. The number of nitrogens with one attached hydrogen (secondary N) is 1. The van der Waals surface area contributed by atoms with E-state index in [4.69, 9.17) is 0 Å². The van der Waals surface area contributed by atoms with Crippen molar-refractivity contribution >= 4 is 16.5 Å². The lowest BCUT2D eigenvalue weighted by Gasteiger charge is -2.33. The molecule has 0 bridgehead atoms. The number of nitrogens with zero attached hydrogens (tertiary/aromatic N) is 2. The van der Waals surface area contributed by atoms with Crippen molar-refractivity contribution in [2.45, 2.75) is 59.4 Å². The molecule has 0 radical (unpaired) electrons. The summed E-state index contributed by atoms with van der Waals surface area (Å²) in [7, 11) is 0. The van der Waals surface area contributed by atoms with Crippen molar-refractivity contribution in [2.75, 3.05) is 24.5 Å². The van der Waals surface area contributed by atoms with Crippen molar-refractivity contribution in [3.63, 3.8) is 0 Å². The molecule has 0 aliphatic heterocycles. The van der Waals surface area contributed by atoms with E-state index in [1.165, 1.54) is 37.0 Å². The molecule has 4 heteroatoms. The van der Waals surface area contributed by atoms with Gasteiger partial charge >= 0.3 is 0 Å². The van der Waals surface area contributed by atoms with Gasteiger partial charge in [0.25, 0.3) is 0 Å². The largest absolute Gasteiger partial charge is 0.349 e. The SMILES string of the molecule is CCN(CC)c1ncc(CNCC2(C)CCCCC2)s1. The molecule has 20 heavy (non-hydrogen) atoms. The maximum Gasteiger partial charge on any atom is 0.185 e. The zero-order valence-corrected chi connectivity index (χ0v) is 14.1. The van der Waals surface area contributed by atoms with E-state index in [9.17, 15) is 0 Å². The Morgan fingerprint density at radius 3 is 2.60 bits per heavy atom. The summed E-state index contributed by atoms with van der Waals surface area (Å²) in [6.07, 6.45) is 9.04. The lowest BCUT2D eigenvalue weighted by molar-refractivity contribution is 0.208. The average Bonchev–Trinajstić information content (AvgIpc) is 2.89. The molecule has 1 N–H and O–H groups in total. The van der Waals surface area contributed by atoms with E-state index in [0.717, 1.165) is 31.3 Å². The predicted octanol–water partition coefficient (Wildman–Crippen LogP) is 4.05. The molecule has 0 unspecified atom stereocenters. The van der Waals surface area contributed by atoms with Gasteiger partial charge in [-0.15, -0.1) is 11.3 Å². The Morgan fingerprint density at radius 2 is 1.95 bits per heavy atom. The Hall–Kier alpha value is -0.610. The third kappa shape index (κ3) is 4.19. The van der Waals surface area contributed by atoms with Gasteiger partial charge < -0.3 is 10.2 Å². The molecule has 0 aromatic carbocycles. The summed E-state index contributed by atoms with van der Waals surface area (Å²) in [6, 6.07) is 0. The van der Waals surface area contributed by atoms with Crippen LogP contribution in [0.15, 0.2) is 6.20 Å². The van der Waals surface area contributed by atoms with Crippen LogP contribution in [0, 0.1) is 5.41 Å². The summed E-state index contributed by atoms with van der Waals surface area (Å²) in [4.78, 5) is 8.21. The molecule has 1 aromatic rings. The second kappa shape index (κ2) is 7.41. The van der Waals surface area contributed by atoms with E-state index < -0.39 is 0 Å². The van der Waals surface area contributed by atoms with Gasteiger partial charge in [-0.25, -0.2) is 4.98 Å². The third-order valence-electron chi connectivity index (χ3n) is 4.49. The van der Waals surface area contributed by atoms with Crippen LogP contribution in [0.25, 0.3) is 0 Å². The van der Waals surface area contributed by atoms with Crippen LogP contribution in [0.4, 0.5) is 5.13 Å². The van der Waals surface area contributed by atoms with E-state index in [1.54, 1.807) is 0 Å². The van der Waals surface area contributed by atoms with E-state index in [1.807, 2.05) is 17.5 Å². The maximum absolute atomic E-state index is 4.55. The normalized spacial score (nSPS) is 18.1. The highest BCUT2D eigenvalue weighted by Crippen LogP contribution is 2.35. The van der Waals surface area contributed by atoms with Gasteiger partial charge in [-0.2, -0.15) is 0 Å². The minimum atomic E-state index is 0.518. The molecular formula is C16H29N3S. The minimum absolute atomic E-state index is 0.518. The number of rotatable bonds is 7. The maximum atomic E-state index is 4.55. The van der Waals surface area contributed by atoms with Crippen LogP contribution in [0.1, 0.15) is 57.8 Å². The van der Waals surface area contributed by atoms with Crippen LogP contribution in [-0.4, -0.2) is 24.6 Å². The number of aromatic nitrogens is 1. The van der Waals surface area contributed by atoms with Gasteiger partial charge in [0.2, 0.25) is 0 Å². The van der Waals surface area contributed by atoms with E-state index >= 15 is 0 Å². The fraction of sp³-hybridized carbons (Fsp3) is 0.812. The van der Waals surface area contributed by atoms with Gasteiger partial charge in [0, 0.05) is 37.3 Å². The summed E-state index contributed by atoms with van der Waals surface area (Å²) in [5.74, 6) is 0. The van der Waals surface area contributed by atoms with E-state index in [0.29, 0.717) is 5.41 Å². The first kappa shape index (κ1) is 15.8. The van der Waals surface area contributed by atoms with Gasteiger partial charge in [-0.1, -0.05) is 26.2 Å². The van der Waals surface area contributed by atoms with Gasteiger partial charge in [-0.3, -0.25) is 0 Å².